The lowest BCUT2D eigenvalue weighted by Gasteiger charge is -2.26. The number of likely N-dealkylation sites (tertiary alicyclic amines) is 1. The smallest absolute Gasteiger partial charge is 0.106 e. The standard InChI is InChI=1S/C9H19N3O/c1-13-11-9-3-7-12(8-4-9)6-2-5-10/h2-8,10H2,1H3. The van der Waals surface area contributed by atoms with Crippen LogP contribution in [0.4, 0.5) is 0 Å². The van der Waals surface area contributed by atoms with E-state index in [1.807, 2.05) is 0 Å². The number of hydrogen-bond donors (Lipinski definition) is 1. The van der Waals surface area contributed by atoms with Crippen molar-refractivity contribution in [3.8, 4) is 0 Å². The summed E-state index contributed by atoms with van der Waals surface area (Å²) in [5.41, 5.74) is 6.64. The second-order valence-electron chi connectivity index (χ2n) is 3.32. The lowest BCUT2D eigenvalue weighted by molar-refractivity contribution is 0.205. The Hall–Kier alpha value is -0.610. The molecule has 1 saturated heterocycles. The van der Waals surface area contributed by atoms with E-state index in [0.717, 1.165) is 45.4 Å². The van der Waals surface area contributed by atoms with Crippen LogP contribution >= 0.6 is 0 Å². The minimum Gasteiger partial charge on any atom is -0.399 e. The topological polar surface area (TPSA) is 50.8 Å². The lowest BCUT2D eigenvalue weighted by atomic mass is 10.1. The summed E-state index contributed by atoms with van der Waals surface area (Å²) in [7, 11) is 1.60. The van der Waals surface area contributed by atoms with E-state index in [2.05, 4.69) is 10.1 Å². The Balaban J connectivity index is 2.18. The Morgan fingerprint density at radius 2 is 2.15 bits per heavy atom. The van der Waals surface area contributed by atoms with Crippen LogP contribution in [0.1, 0.15) is 19.3 Å². The van der Waals surface area contributed by atoms with Gasteiger partial charge in [-0.05, 0) is 19.5 Å². The van der Waals surface area contributed by atoms with Crippen LogP contribution in [0.15, 0.2) is 5.16 Å². The van der Waals surface area contributed by atoms with Gasteiger partial charge in [0.1, 0.15) is 7.11 Å². The maximum absolute atomic E-state index is 5.45. The maximum atomic E-state index is 5.45. The Labute approximate surface area is 79.7 Å². The highest BCUT2D eigenvalue weighted by Gasteiger charge is 2.14. The third kappa shape index (κ3) is 3.74. The average molecular weight is 185 g/mol. The molecule has 1 heterocycles. The van der Waals surface area contributed by atoms with Crippen LogP contribution in [0.25, 0.3) is 0 Å². The van der Waals surface area contributed by atoms with Crippen molar-refractivity contribution in [2.45, 2.75) is 19.3 Å². The van der Waals surface area contributed by atoms with Gasteiger partial charge in [0.15, 0.2) is 0 Å². The predicted molar refractivity (Wildman–Crippen MR) is 53.8 cm³/mol. The van der Waals surface area contributed by atoms with E-state index < -0.39 is 0 Å². The molecule has 0 unspecified atom stereocenters. The van der Waals surface area contributed by atoms with E-state index in [1.54, 1.807) is 7.11 Å². The molecule has 0 aromatic rings. The molecular formula is C9H19N3O. The maximum Gasteiger partial charge on any atom is 0.106 e. The highest BCUT2D eigenvalue weighted by atomic mass is 16.6. The fraction of sp³-hybridized carbons (Fsp3) is 0.889. The Morgan fingerprint density at radius 1 is 1.46 bits per heavy atom. The highest BCUT2D eigenvalue weighted by Crippen LogP contribution is 2.07. The van der Waals surface area contributed by atoms with Crippen molar-refractivity contribution in [1.29, 1.82) is 0 Å². The minimum atomic E-state index is 0.787. The van der Waals surface area contributed by atoms with E-state index in [4.69, 9.17) is 10.6 Å². The molecule has 0 saturated carbocycles. The molecule has 2 N–H and O–H groups in total. The summed E-state index contributed by atoms with van der Waals surface area (Å²) in [5.74, 6) is 0. The Bertz CT molecular complexity index is 160. The van der Waals surface area contributed by atoms with Crippen LogP contribution in [0.5, 0.6) is 0 Å². The number of nitrogens with two attached hydrogens (primary N) is 1. The monoisotopic (exact) mass is 185 g/mol. The summed E-state index contributed by atoms with van der Waals surface area (Å²) in [6, 6.07) is 0. The Kier molecular flexibility index (Phi) is 4.78. The number of oxime groups is 1. The van der Waals surface area contributed by atoms with Gasteiger partial charge in [-0.25, -0.2) is 0 Å². The second kappa shape index (κ2) is 5.94. The number of nitrogens with zero attached hydrogens (tertiary/aromatic N) is 2. The zero-order chi connectivity index (χ0) is 9.52. The predicted octanol–water partition coefficient (Wildman–Crippen LogP) is 0.433. The van der Waals surface area contributed by atoms with E-state index in [1.165, 1.54) is 5.71 Å². The molecule has 1 rings (SSSR count). The van der Waals surface area contributed by atoms with E-state index in [0.29, 0.717) is 0 Å². The van der Waals surface area contributed by atoms with Gasteiger partial charge < -0.3 is 15.5 Å². The normalized spacial score (nSPS) is 18.8. The molecule has 0 aromatic heterocycles. The molecule has 76 valence electrons. The van der Waals surface area contributed by atoms with Gasteiger partial charge in [-0.2, -0.15) is 0 Å². The van der Waals surface area contributed by atoms with Gasteiger partial charge in [0, 0.05) is 25.9 Å². The summed E-state index contributed by atoms with van der Waals surface area (Å²) in [6.07, 6.45) is 3.17. The molecule has 4 heteroatoms. The molecule has 1 fully saturated rings. The molecule has 1 aliphatic heterocycles. The molecular weight excluding hydrogens is 166 g/mol. The largest absolute Gasteiger partial charge is 0.399 e. The zero-order valence-electron chi connectivity index (χ0n) is 8.33. The molecule has 0 aliphatic carbocycles. The molecule has 0 amide bonds. The zero-order valence-corrected chi connectivity index (χ0v) is 8.33. The summed E-state index contributed by atoms with van der Waals surface area (Å²) < 4.78 is 0. The van der Waals surface area contributed by atoms with Crippen LogP contribution in [-0.2, 0) is 4.84 Å². The van der Waals surface area contributed by atoms with Crippen LogP contribution in [0.3, 0.4) is 0 Å². The van der Waals surface area contributed by atoms with Crippen LogP contribution in [0, 0.1) is 0 Å². The molecule has 13 heavy (non-hydrogen) atoms. The summed E-state index contributed by atoms with van der Waals surface area (Å²) >= 11 is 0. The van der Waals surface area contributed by atoms with Gasteiger partial charge in [-0.3, -0.25) is 0 Å². The van der Waals surface area contributed by atoms with E-state index in [-0.39, 0.29) is 0 Å². The van der Waals surface area contributed by atoms with Crippen molar-refractivity contribution < 1.29 is 4.84 Å². The second-order valence-corrected chi connectivity index (χ2v) is 3.32. The molecule has 0 atom stereocenters. The first-order chi connectivity index (χ1) is 6.36. The van der Waals surface area contributed by atoms with Gasteiger partial charge in [0.05, 0.1) is 5.71 Å². The quantitative estimate of drug-likeness (QED) is 0.646. The highest BCUT2D eigenvalue weighted by molar-refractivity contribution is 5.84. The summed E-state index contributed by atoms with van der Waals surface area (Å²) in [6.45, 7) is 4.11. The van der Waals surface area contributed by atoms with Crippen molar-refractivity contribution in [2.24, 2.45) is 10.9 Å². The molecule has 0 spiro atoms. The average Bonchev–Trinajstić information content (AvgIpc) is 2.17. The van der Waals surface area contributed by atoms with Crippen molar-refractivity contribution in [1.82, 2.24) is 4.90 Å². The number of piperidine rings is 1. The van der Waals surface area contributed by atoms with Crippen LogP contribution in [-0.4, -0.2) is 43.9 Å². The fourth-order valence-electron chi connectivity index (χ4n) is 1.57. The van der Waals surface area contributed by atoms with Crippen molar-refractivity contribution in [2.75, 3.05) is 33.3 Å². The lowest BCUT2D eigenvalue weighted by Crippen LogP contribution is -2.35. The van der Waals surface area contributed by atoms with Gasteiger partial charge in [-0.1, -0.05) is 5.16 Å². The molecule has 0 aromatic carbocycles. The number of rotatable bonds is 4. The van der Waals surface area contributed by atoms with Gasteiger partial charge in [0.2, 0.25) is 0 Å². The van der Waals surface area contributed by atoms with Gasteiger partial charge in [-0.15, -0.1) is 0 Å². The minimum absolute atomic E-state index is 0.787. The van der Waals surface area contributed by atoms with Crippen LogP contribution < -0.4 is 5.73 Å². The van der Waals surface area contributed by atoms with E-state index >= 15 is 0 Å². The molecule has 4 nitrogen and oxygen atoms in total. The molecule has 0 bridgehead atoms. The Morgan fingerprint density at radius 3 is 2.69 bits per heavy atom. The summed E-state index contributed by atoms with van der Waals surface area (Å²) in [5, 5.41) is 3.96. The fourth-order valence-corrected chi connectivity index (χ4v) is 1.57. The molecule has 1 aliphatic rings. The van der Waals surface area contributed by atoms with Gasteiger partial charge >= 0.3 is 0 Å². The van der Waals surface area contributed by atoms with Crippen molar-refractivity contribution >= 4 is 5.71 Å². The van der Waals surface area contributed by atoms with Gasteiger partial charge in [0.25, 0.3) is 0 Å². The van der Waals surface area contributed by atoms with Crippen molar-refractivity contribution in [3.05, 3.63) is 0 Å². The number of hydrogen-bond acceptors (Lipinski definition) is 4. The van der Waals surface area contributed by atoms with E-state index in [9.17, 15) is 0 Å². The first-order valence-corrected chi connectivity index (χ1v) is 4.88. The summed E-state index contributed by atoms with van der Waals surface area (Å²) in [4.78, 5) is 7.18. The van der Waals surface area contributed by atoms with Crippen LogP contribution in [0.2, 0.25) is 0 Å². The first-order valence-electron chi connectivity index (χ1n) is 4.88. The molecule has 0 radical (unpaired) electrons. The third-order valence-corrected chi connectivity index (χ3v) is 2.33. The first kappa shape index (κ1) is 10.5. The SMILES string of the molecule is CON=C1CCN(CCCN)CC1. The third-order valence-electron chi connectivity index (χ3n) is 2.33. The van der Waals surface area contributed by atoms with Crippen molar-refractivity contribution in [3.63, 3.8) is 0 Å².